The van der Waals surface area contributed by atoms with E-state index in [2.05, 4.69) is 5.01 Å². The van der Waals surface area contributed by atoms with Crippen LogP contribution in [-0.4, -0.2) is 47.3 Å². The number of piperidine rings is 1. The van der Waals surface area contributed by atoms with Crippen molar-refractivity contribution in [2.45, 2.75) is 25.7 Å². The molecule has 14 heavy (non-hydrogen) atoms. The van der Waals surface area contributed by atoms with Crippen LogP contribution >= 0.6 is 0 Å². The molecular weight excluding hydrogens is 180 g/mol. The van der Waals surface area contributed by atoms with Crippen molar-refractivity contribution < 1.29 is 9.90 Å². The molecule has 2 aliphatic heterocycles. The molecule has 4 nitrogen and oxygen atoms in total. The van der Waals surface area contributed by atoms with Crippen LogP contribution in [0.3, 0.4) is 0 Å². The quantitative estimate of drug-likeness (QED) is 0.690. The Hall–Kier alpha value is -0.610. The van der Waals surface area contributed by atoms with Crippen LogP contribution in [0.4, 0.5) is 0 Å². The van der Waals surface area contributed by atoms with E-state index in [9.17, 15) is 4.79 Å². The Morgan fingerprint density at radius 1 is 1.29 bits per heavy atom. The average molecular weight is 198 g/mol. The summed E-state index contributed by atoms with van der Waals surface area (Å²) in [7, 11) is 0. The number of rotatable bonds is 2. The van der Waals surface area contributed by atoms with Crippen molar-refractivity contribution in [3.8, 4) is 0 Å². The summed E-state index contributed by atoms with van der Waals surface area (Å²) in [6.45, 7) is 2.86. The molecule has 1 atom stereocenters. The number of carbonyl (C=O) groups excluding carboxylic acids is 1. The molecule has 0 bridgehead atoms. The van der Waals surface area contributed by atoms with Gasteiger partial charge < -0.3 is 5.11 Å². The number of hydrogen-bond donors (Lipinski definition) is 1. The normalized spacial score (nSPS) is 29.9. The van der Waals surface area contributed by atoms with Gasteiger partial charge in [0.15, 0.2) is 0 Å². The van der Waals surface area contributed by atoms with Gasteiger partial charge in [0.05, 0.1) is 0 Å². The van der Waals surface area contributed by atoms with Gasteiger partial charge in [-0.25, -0.2) is 5.01 Å². The Morgan fingerprint density at radius 2 is 2.00 bits per heavy atom. The maximum absolute atomic E-state index is 11.6. The van der Waals surface area contributed by atoms with Gasteiger partial charge in [0.25, 0.3) is 0 Å². The summed E-state index contributed by atoms with van der Waals surface area (Å²) in [5.74, 6) is 0.343. The van der Waals surface area contributed by atoms with E-state index in [1.54, 1.807) is 0 Å². The van der Waals surface area contributed by atoms with Crippen molar-refractivity contribution in [1.82, 2.24) is 10.0 Å². The zero-order valence-electron chi connectivity index (χ0n) is 8.48. The molecule has 1 N–H and O–H groups in total. The number of carbonyl (C=O) groups is 1. The van der Waals surface area contributed by atoms with Crippen LogP contribution in [0.1, 0.15) is 25.7 Å². The van der Waals surface area contributed by atoms with E-state index in [1.807, 2.05) is 5.01 Å². The van der Waals surface area contributed by atoms with Crippen LogP contribution in [0.2, 0.25) is 0 Å². The van der Waals surface area contributed by atoms with Gasteiger partial charge in [-0.2, -0.15) is 0 Å². The van der Waals surface area contributed by atoms with Gasteiger partial charge in [0.1, 0.15) is 0 Å². The maximum Gasteiger partial charge on any atom is 0.237 e. The molecule has 1 amide bonds. The van der Waals surface area contributed by atoms with Crippen LogP contribution in [-0.2, 0) is 4.79 Å². The Bertz CT molecular complexity index is 214. The van der Waals surface area contributed by atoms with E-state index in [4.69, 9.17) is 5.11 Å². The highest BCUT2D eigenvalue weighted by Gasteiger charge is 2.33. The van der Waals surface area contributed by atoms with E-state index in [1.165, 1.54) is 19.3 Å². The van der Waals surface area contributed by atoms with Crippen LogP contribution in [0.5, 0.6) is 0 Å². The third-order valence-corrected chi connectivity index (χ3v) is 3.11. The molecule has 2 saturated heterocycles. The standard InChI is InChI=1S/C10H18N2O2/c13-8-9-6-10(14)12(7-9)11-4-2-1-3-5-11/h9,13H,1-8H2. The molecule has 0 radical (unpaired) electrons. The summed E-state index contributed by atoms with van der Waals surface area (Å²) in [4.78, 5) is 11.6. The van der Waals surface area contributed by atoms with Crippen LogP contribution in [0.25, 0.3) is 0 Å². The highest BCUT2D eigenvalue weighted by atomic mass is 16.3. The highest BCUT2D eigenvalue weighted by Crippen LogP contribution is 2.21. The molecule has 0 aromatic heterocycles. The third-order valence-electron chi connectivity index (χ3n) is 3.11. The molecule has 2 aliphatic rings. The second-order valence-electron chi connectivity index (χ2n) is 4.24. The molecular formula is C10H18N2O2. The first kappa shape index (κ1) is 9.93. The topological polar surface area (TPSA) is 43.8 Å². The van der Waals surface area contributed by atoms with Crippen molar-refractivity contribution in [2.75, 3.05) is 26.2 Å². The van der Waals surface area contributed by atoms with Crippen LogP contribution in [0.15, 0.2) is 0 Å². The van der Waals surface area contributed by atoms with Crippen LogP contribution < -0.4 is 0 Å². The van der Waals surface area contributed by atoms with Gasteiger partial charge in [-0.05, 0) is 12.8 Å². The molecule has 4 heteroatoms. The first-order valence-corrected chi connectivity index (χ1v) is 5.47. The van der Waals surface area contributed by atoms with Gasteiger partial charge in [0.2, 0.25) is 5.91 Å². The summed E-state index contributed by atoms with van der Waals surface area (Å²) in [5.41, 5.74) is 0. The van der Waals surface area contributed by atoms with E-state index in [-0.39, 0.29) is 18.4 Å². The molecule has 2 fully saturated rings. The number of hydrogen-bond acceptors (Lipinski definition) is 3. The van der Waals surface area contributed by atoms with Crippen molar-refractivity contribution >= 4 is 5.91 Å². The Kier molecular flexibility index (Phi) is 3.03. The van der Waals surface area contributed by atoms with E-state index >= 15 is 0 Å². The summed E-state index contributed by atoms with van der Waals surface area (Å²) >= 11 is 0. The minimum atomic E-state index is 0.135. The zero-order valence-corrected chi connectivity index (χ0v) is 8.48. The number of hydrazine groups is 1. The van der Waals surface area contributed by atoms with Crippen LogP contribution in [0, 0.1) is 5.92 Å². The third kappa shape index (κ3) is 1.91. The van der Waals surface area contributed by atoms with E-state index in [0.717, 1.165) is 19.6 Å². The monoisotopic (exact) mass is 198 g/mol. The van der Waals surface area contributed by atoms with Gasteiger partial charge in [-0.15, -0.1) is 0 Å². The first-order chi connectivity index (χ1) is 6.81. The number of aliphatic hydroxyl groups excluding tert-OH is 1. The molecule has 2 rings (SSSR count). The van der Waals surface area contributed by atoms with E-state index < -0.39 is 0 Å². The molecule has 0 aliphatic carbocycles. The van der Waals surface area contributed by atoms with Gasteiger partial charge >= 0.3 is 0 Å². The lowest BCUT2D eigenvalue weighted by atomic mass is 10.1. The molecule has 0 aromatic carbocycles. The Labute approximate surface area is 84.5 Å². The number of nitrogens with zero attached hydrogens (tertiary/aromatic N) is 2. The van der Waals surface area contributed by atoms with E-state index in [0.29, 0.717) is 6.42 Å². The minimum Gasteiger partial charge on any atom is -0.396 e. The van der Waals surface area contributed by atoms with Gasteiger partial charge in [-0.1, -0.05) is 6.42 Å². The minimum absolute atomic E-state index is 0.135. The fourth-order valence-electron chi connectivity index (χ4n) is 2.28. The molecule has 0 aromatic rings. The fourth-order valence-corrected chi connectivity index (χ4v) is 2.28. The van der Waals surface area contributed by atoms with Crippen molar-refractivity contribution in [1.29, 1.82) is 0 Å². The number of amides is 1. The predicted molar refractivity (Wildman–Crippen MR) is 52.3 cm³/mol. The van der Waals surface area contributed by atoms with Crippen molar-refractivity contribution in [3.05, 3.63) is 0 Å². The lowest BCUT2D eigenvalue weighted by Crippen LogP contribution is -2.46. The molecule has 0 spiro atoms. The second-order valence-corrected chi connectivity index (χ2v) is 4.24. The molecule has 1 unspecified atom stereocenters. The molecule has 80 valence electrons. The molecule has 0 saturated carbocycles. The highest BCUT2D eigenvalue weighted by molar-refractivity contribution is 5.78. The lowest BCUT2D eigenvalue weighted by Gasteiger charge is -2.34. The summed E-state index contributed by atoms with van der Waals surface area (Å²) < 4.78 is 0. The SMILES string of the molecule is O=C1CC(CO)CN1N1CCCCC1. The Morgan fingerprint density at radius 3 is 2.57 bits per heavy atom. The second kappa shape index (κ2) is 4.28. The average Bonchev–Trinajstić information content (AvgIpc) is 2.61. The number of aliphatic hydroxyl groups is 1. The predicted octanol–water partition coefficient (Wildman–Crippen LogP) is 0.228. The molecule has 2 heterocycles. The zero-order chi connectivity index (χ0) is 9.97. The van der Waals surface area contributed by atoms with Crippen molar-refractivity contribution in [2.24, 2.45) is 5.92 Å². The fraction of sp³-hybridized carbons (Fsp3) is 0.900. The summed E-state index contributed by atoms with van der Waals surface area (Å²) in [6, 6.07) is 0. The largest absolute Gasteiger partial charge is 0.396 e. The Balaban J connectivity index is 1.93. The van der Waals surface area contributed by atoms with Gasteiger partial charge in [-0.3, -0.25) is 9.80 Å². The lowest BCUT2D eigenvalue weighted by molar-refractivity contribution is -0.144. The maximum atomic E-state index is 11.6. The smallest absolute Gasteiger partial charge is 0.237 e. The summed E-state index contributed by atoms with van der Waals surface area (Å²) in [6.07, 6.45) is 4.18. The van der Waals surface area contributed by atoms with Crippen molar-refractivity contribution in [3.63, 3.8) is 0 Å². The summed E-state index contributed by atoms with van der Waals surface area (Å²) in [5, 5.41) is 13.0. The first-order valence-electron chi connectivity index (χ1n) is 5.47. The van der Waals surface area contributed by atoms with Gasteiger partial charge in [0, 0.05) is 38.6 Å².